The van der Waals surface area contributed by atoms with E-state index in [1.807, 2.05) is 0 Å². The molecule has 0 unspecified atom stereocenters. The molecular formula is C31H56N8O10. The highest BCUT2D eigenvalue weighted by atomic mass is 16.5. The average molecular weight is 701 g/mol. The molecule has 0 heterocycles. The predicted molar refractivity (Wildman–Crippen MR) is 178 cm³/mol. The highest BCUT2D eigenvalue weighted by molar-refractivity contribution is 5.90. The Bertz CT molecular complexity index is 1050. The highest BCUT2D eigenvalue weighted by Crippen LogP contribution is 2.07. The molecule has 0 rings (SSSR count). The zero-order valence-electron chi connectivity index (χ0n) is 29.2. The Kier molecular flexibility index (Phi) is 23.8. The molecule has 0 aromatic carbocycles. The summed E-state index contributed by atoms with van der Waals surface area (Å²) in [7, 11) is 2.39. The largest absolute Gasteiger partial charge is 0.453 e. The van der Waals surface area contributed by atoms with Gasteiger partial charge in [0.15, 0.2) is 0 Å². The molecule has 0 aromatic rings. The van der Waals surface area contributed by atoms with Crippen molar-refractivity contribution >= 4 is 47.6 Å². The van der Waals surface area contributed by atoms with E-state index < -0.39 is 66.8 Å². The normalized spacial score (nSPS) is 12.3. The smallest absolute Gasteiger partial charge is 0.407 e. The maximum Gasteiger partial charge on any atom is 0.407 e. The third-order valence-corrected chi connectivity index (χ3v) is 7.57. The molecule has 49 heavy (non-hydrogen) atoms. The van der Waals surface area contributed by atoms with Crippen LogP contribution < -0.4 is 38.1 Å². The van der Waals surface area contributed by atoms with Crippen LogP contribution in [0.15, 0.2) is 0 Å². The molecule has 0 aliphatic rings. The van der Waals surface area contributed by atoms with Crippen molar-refractivity contribution in [2.24, 2.45) is 23.3 Å². The van der Waals surface area contributed by atoms with Gasteiger partial charge in [0.1, 0.15) is 19.1 Å². The minimum absolute atomic E-state index is 0.142. The summed E-state index contributed by atoms with van der Waals surface area (Å²) >= 11 is 0. The quantitative estimate of drug-likeness (QED) is 0.0562. The number of rotatable bonds is 26. The third-order valence-electron chi connectivity index (χ3n) is 7.57. The molecule has 0 aliphatic heterocycles. The Balaban J connectivity index is 5.14. The van der Waals surface area contributed by atoms with Crippen LogP contribution in [-0.2, 0) is 38.2 Å². The average Bonchev–Trinajstić information content (AvgIpc) is 3.05. The zero-order valence-corrected chi connectivity index (χ0v) is 29.2. The third kappa shape index (κ3) is 22.5. The summed E-state index contributed by atoms with van der Waals surface area (Å²) in [5.74, 6) is -3.47. The minimum atomic E-state index is -0.981. The second-order valence-electron chi connectivity index (χ2n) is 11.7. The fourth-order valence-corrected chi connectivity index (χ4v) is 4.36. The number of alkyl carbamates (subject to hydrolysis) is 2. The van der Waals surface area contributed by atoms with Crippen LogP contribution in [0.5, 0.6) is 0 Å². The lowest BCUT2D eigenvalue weighted by Crippen LogP contribution is -2.49. The summed E-state index contributed by atoms with van der Waals surface area (Å²) in [6.45, 7) is 3.40. The van der Waals surface area contributed by atoms with Crippen molar-refractivity contribution in [3.63, 3.8) is 0 Å². The first-order chi connectivity index (χ1) is 23.2. The van der Waals surface area contributed by atoms with E-state index in [9.17, 15) is 38.4 Å². The summed E-state index contributed by atoms with van der Waals surface area (Å²) in [5, 5.41) is 13.0. The van der Waals surface area contributed by atoms with E-state index in [1.54, 1.807) is 13.8 Å². The Morgan fingerprint density at radius 1 is 0.592 bits per heavy atom. The molecule has 0 radical (unpaired) electrons. The van der Waals surface area contributed by atoms with Gasteiger partial charge >= 0.3 is 12.2 Å². The second kappa shape index (κ2) is 26.3. The van der Waals surface area contributed by atoms with Gasteiger partial charge in [0.25, 0.3) is 0 Å². The number of primary amides is 2. The minimum Gasteiger partial charge on any atom is -0.453 e. The van der Waals surface area contributed by atoms with Gasteiger partial charge in [-0.2, -0.15) is 0 Å². The van der Waals surface area contributed by atoms with Crippen LogP contribution in [-0.4, -0.2) is 112 Å². The maximum atomic E-state index is 13.1. The molecule has 3 atom stereocenters. The molecular weight excluding hydrogens is 644 g/mol. The summed E-state index contributed by atoms with van der Waals surface area (Å²) < 4.78 is 9.09. The molecule has 9 N–H and O–H groups in total. The van der Waals surface area contributed by atoms with Gasteiger partial charge in [-0.25, -0.2) is 9.59 Å². The number of hydrogen-bond acceptors (Lipinski definition) is 10. The Morgan fingerprint density at radius 2 is 1.04 bits per heavy atom. The summed E-state index contributed by atoms with van der Waals surface area (Å²) in [6.07, 6.45) is 3.15. The van der Waals surface area contributed by atoms with Gasteiger partial charge in [0.2, 0.25) is 35.4 Å². The molecule has 0 saturated carbocycles. The van der Waals surface area contributed by atoms with E-state index in [4.69, 9.17) is 11.5 Å². The monoisotopic (exact) mass is 700 g/mol. The van der Waals surface area contributed by atoms with Crippen LogP contribution in [0, 0.1) is 11.8 Å². The highest BCUT2D eigenvalue weighted by Gasteiger charge is 2.23. The van der Waals surface area contributed by atoms with Gasteiger partial charge in [-0.15, -0.1) is 0 Å². The van der Waals surface area contributed by atoms with E-state index in [0.29, 0.717) is 71.0 Å². The maximum absolute atomic E-state index is 13.1. The Morgan fingerprint density at radius 3 is 1.49 bits per heavy atom. The first-order valence-corrected chi connectivity index (χ1v) is 16.6. The fraction of sp³-hybridized carbons (Fsp3) is 0.742. The van der Waals surface area contributed by atoms with Crippen LogP contribution in [0.2, 0.25) is 0 Å². The van der Waals surface area contributed by atoms with Gasteiger partial charge in [0.05, 0.1) is 14.2 Å². The zero-order chi connectivity index (χ0) is 37.2. The van der Waals surface area contributed by atoms with Crippen LogP contribution in [0.4, 0.5) is 9.59 Å². The van der Waals surface area contributed by atoms with Gasteiger partial charge in [-0.05, 0) is 44.9 Å². The lowest BCUT2D eigenvalue weighted by molar-refractivity contribution is -0.139. The lowest BCUT2D eigenvalue weighted by Gasteiger charge is -2.22. The molecule has 0 fully saturated rings. The Hall–Kier alpha value is -4.64. The van der Waals surface area contributed by atoms with Gasteiger partial charge in [0, 0.05) is 44.4 Å². The first-order valence-electron chi connectivity index (χ1n) is 16.6. The number of nitrogens with two attached hydrogens (primary N) is 2. The van der Waals surface area contributed by atoms with E-state index in [1.165, 1.54) is 7.11 Å². The summed E-state index contributed by atoms with van der Waals surface area (Å²) in [4.78, 5) is 97.8. The predicted octanol–water partition coefficient (Wildman–Crippen LogP) is -0.612. The van der Waals surface area contributed by atoms with E-state index in [2.05, 4.69) is 36.1 Å². The number of amides is 8. The fourth-order valence-electron chi connectivity index (χ4n) is 4.36. The molecule has 0 spiro atoms. The van der Waals surface area contributed by atoms with Crippen molar-refractivity contribution in [2.75, 3.05) is 53.5 Å². The number of nitrogens with one attached hydrogen (secondary N) is 5. The molecule has 18 nitrogen and oxygen atoms in total. The molecule has 280 valence electrons. The molecule has 0 aromatic heterocycles. The number of carbonyl (C=O) groups excluding carboxylic acids is 8. The Labute approximate surface area is 287 Å². The van der Waals surface area contributed by atoms with Gasteiger partial charge < -0.3 is 52.4 Å². The summed E-state index contributed by atoms with van der Waals surface area (Å²) in [5.41, 5.74) is 10.5. The number of unbranched alkanes of at least 4 members (excludes halogenated alkanes) is 3. The topological polar surface area (TPSA) is 270 Å². The SMILES string of the molecule is COC(=O)NCCCC[C@H](NC(=O)OC)C(=O)NCCC(=O)N(CC(=O)NCCCC[C@H](C)C(N)=O)CC(=O)NCCCC[C@H](C)C(N)=O. The van der Waals surface area contributed by atoms with Crippen molar-refractivity contribution in [1.29, 1.82) is 0 Å². The van der Waals surface area contributed by atoms with Crippen molar-refractivity contribution in [1.82, 2.24) is 31.5 Å². The van der Waals surface area contributed by atoms with Crippen LogP contribution >= 0.6 is 0 Å². The van der Waals surface area contributed by atoms with Crippen LogP contribution in [0.1, 0.15) is 78.1 Å². The molecule has 0 aliphatic carbocycles. The van der Waals surface area contributed by atoms with Crippen LogP contribution in [0.3, 0.4) is 0 Å². The molecule has 0 saturated heterocycles. The van der Waals surface area contributed by atoms with E-state index >= 15 is 0 Å². The molecule has 0 bridgehead atoms. The van der Waals surface area contributed by atoms with E-state index in [-0.39, 0.29) is 31.2 Å². The van der Waals surface area contributed by atoms with Crippen molar-refractivity contribution < 1.29 is 47.8 Å². The van der Waals surface area contributed by atoms with Gasteiger partial charge in [-0.3, -0.25) is 28.8 Å². The second-order valence-corrected chi connectivity index (χ2v) is 11.7. The lowest BCUT2D eigenvalue weighted by atomic mass is 10.0. The van der Waals surface area contributed by atoms with Gasteiger partial charge in [-0.1, -0.05) is 26.7 Å². The van der Waals surface area contributed by atoms with Crippen molar-refractivity contribution in [3.8, 4) is 0 Å². The van der Waals surface area contributed by atoms with E-state index in [0.717, 1.165) is 12.0 Å². The number of nitrogens with zero attached hydrogens (tertiary/aromatic N) is 1. The standard InChI is InChI=1S/C31H56N8O10/c1-21(27(32)43)11-5-8-15-34-24(40)19-39(20-25(41)35-16-9-6-12-22(2)28(33)44)26(42)14-18-36-29(45)23(38-31(47)49-4)13-7-10-17-37-30(46)48-3/h21-23H,5-20H2,1-4H3,(H2,32,43)(H2,33,44)(H,34,40)(H,35,41)(H,36,45)(H,37,46)(H,38,47)/t21-,22-,23-/m0/s1. The van der Waals surface area contributed by atoms with Crippen molar-refractivity contribution in [2.45, 2.75) is 84.1 Å². The molecule has 8 amide bonds. The number of carbonyl (C=O) groups is 8. The van der Waals surface area contributed by atoms with Crippen molar-refractivity contribution in [3.05, 3.63) is 0 Å². The molecule has 18 heteroatoms. The number of ether oxygens (including phenoxy) is 2. The number of hydrogen-bond donors (Lipinski definition) is 7. The van der Waals surface area contributed by atoms with Crippen LogP contribution in [0.25, 0.3) is 0 Å². The first kappa shape index (κ1) is 44.4. The number of methoxy groups -OCH3 is 2. The summed E-state index contributed by atoms with van der Waals surface area (Å²) in [6, 6.07) is -0.981.